The Hall–Kier alpha value is -2.37. The van der Waals surface area contributed by atoms with Crippen molar-refractivity contribution in [2.24, 2.45) is 0 Å². The highest BCUT2D eigenvalue weighted by Crippen LogP contribution is 2.14. The Bertz CT molecular complexity index is 570. The molecular formula is C16H18N2O3. The Morgan fingerprint density at radius 3 is 2.24 bits per heavy atom. The van der Waals surface area contributed by atoms with E-state index in [4.69, 9.17) is 5.11 Å². The minimum atomic E-state index is -0.789. The van der Waals surface area contributed by atoms with E-state index in [0.29, 0.717) is 11.3 Å². The second-order valence-electron chi connectivity index (χ2n) is 4.61. The molecule has 1 amide bonds. The van der Waals surface area contributed by atoms with Crippen molar-refractivity contribution in [2.45, 2.75) is 6.10 Å². The van der Waals surface area contributed by atoms with Crippen LogP contribution in [-0.4, -0.2) is 35.4 Å². The fourth-order valence-electron chi connectivity index (χ4n) is 1.76. The molecule has 21 heavy (non-hydrogen) atoms. The lowest BCUT2D eigenvalue weighted by Gasteiger charge is -2.11. The summed E-state index contributed by atoms with van der Waals surface area (Å²) in [4.78, 5) is 12.0. The maximum atomic E-state index is 12.0. The minimum Gasteiger partial charge on any atom is -0.394 e. The molecule has 0 aliphatic rings. The average molecular weight is 286 g/mol. The molecule has 0 aliphatic carbocycles. The van der Waals surface area contributed by atoms with Crippen LogP contribution < -0.4 is 10.6 Å². The van der Waals surface area contributed by atoms with E-state index in [9.17, 15) is 9.90 Å². The van der Waals surface area contributed by atoms with Gasteiger partial charge in [-0.15, -0.1) is 0 Å². The molecule has 5 heteroatoms. The molecule has 1 atom stereocenters. The van der Waals surface area contributed by atoms with Crippen LogP contribution in [0.1, 0.15) is 10.4 Å². The summed E-state index contributed by atoms with van der Waals surface area (Å²) in [5, 5.41) is 23.8. The van der Waals surface area contributed by atoms with Crippen molar-refractivity contribution >= 4 is 17.3 Å². The molecule has 2 aromatic carbocycles. The van der Waals surface area contributed by atoms with Crippen molar-refractivity contribution in [3.05, 3.63) is 60.2 Å². The van der Waals surface area contributed by atoms with Crippen molar-refractivity contribution in [1.82, 2.24) is 0 Å². The lowest BCUT2D eigenvalue weighted by atomic mass is 10.2. The van der Waals surface area contributed by atoms with Gasteiger partial charge in [0.1, 0.15) is 0 Å². The zero-order chi connectivity index (χ0) is 15.1. The van der Waals surface area contributed by atoms with Crippen LogP contribution in [0.2, 0.25) is 0 Å². The van der Waals surface area contributed by atoms with Crippen LogP contribution in [0, 0.1) is 0 Å². The van der Waals surface area contributed by atoms with Crippen LogP contribution in [0.25, 0.3) is 0 Å². The Morgan fingerprint density at radius 1 is 1.00 bits per heavy atom. The Balaban J connectivity index is 1.92. The van der Waals surface area contributed by atoms with Gasteiger partial charge in [0.2, 0.25) is 0 Å². The summed E-state index contributed by atoms with van der Waals surface area (Å²) >= 11 is 0. The zero-order valence-electron chi connectivity index (χ0n) is 11.5. The molecule has 0 radical (unpaired) electrons. The Kier molecular flexibility index (Phi) is 5.31. The molecule has 0 aliphatic heterocycles. The number of hydrogen-bond donors (Lipinski definition) is 4. The number of benzene rings is 2. The summed E-state index contributed by atoms with van der Waals surface area (Å²) < 4.78 is 0. The van der Waals surface area contributed by atoms with Crippen LogP contribution in [0.15, 0.2) is 54.6 Å². The monoisotopic (exact) mass is 286 g/mol. The summed E-state index contributed by atoms with van der Waals surface area (Å²) in [6.45, 7) is -0.00949. The van der Waals surface area contributed by atoms with Gasteiger partial charge in [-0.2, -0.15) is 0 Å². The number of hydrogen-bond acceptors (Lipinski definition) is 4. The maximum Gasteiger partial charge on any atom is 0.255 e. The number of nitrogens with one attached hydrogen (secondary N) is 2. The molecule has 0 saturated heterocycles. The highest BCUT2D eigenvalue weighted by Gasteiger charge is 2.05. The highest BCUT2D eigenvalue weighted by molar-refractivity contribution is 6.04. The standard InChI is InChI=1S/C16H18N2O3/c19-11-15(20)10-17-13-6-8-14(9-7-13)18-16(21)12-4-2-1-3-5-12/h1-9,15,17,19-20H,10-11H2,(H,18,21). The number of aliphatic hydroxyl groups excluding tert-OH is 2. The molecule has 1 unspecified atom stereocenters. The van der Waals surface area contributed by atoms with E-state index in [1.54, 1.807) is 36.4 Å². The molecule has 0 saturated carbocycles. The van der Waals surface area contributed by atoms with Gasteiger partial charge < -0.3 is 20.8 Å². The topological polar surface area (TPSA) is 81.6 Å². The van der Waals surface area contributed by atoms with Crippen molar-refractivity contribution in [1.29, 1.82) is 0 Å². The van der Waals surface area contributed by atoms with Crippen LogP contribution in [0.5, 0.6) is 0 Å². The fraction of sp³-hybridized carbons (Fsp3) is 0.188. The number of rotatable bonds is 6. The third kappa shape index (κ3) is 4.59. The van der Waals surface area contributed by atoms with E-state index >= 15 is 0 Å². The van der Waals surface area contributed by atoms with E-state index in [0.717, 1.165) is 5.69 Å². The van der Waals surface area contributed by atoms with Gasteiger partial charge in [-0.05, 0) is 36.4 Å². The van der Waals surface area contributed by atoms with Gasteiger partial charge in [0.25, 0.3) is 5.91 Å². The molecule has 0 heterocycles. The predicted molar refractivity (Wildman–Crippen MR) is 82.4 cm³/mol. The van der Waals surface area contributed by atoms with Gasteiger partial charge in [-0.3, -0.25) is 4.79 Å². The van der Waals surface area contributed by atoms with Crippen molar-refractivity contribution < 1.29 is 15.0 Å². The Morgan fingerprint density at radius 2 is 1.62 bits per heavy atom. The smallest absolute Gasteiger partial charge is 0.255 e. The van der Waals surface area contributed by atoms with Crippen LogP contribution in [-0.2, 0) is 0 Å². The zero-order valence-corrected chi connectivity index (χ0v) is 11.5. The van der Waals surface area contributed by atoms with Gasteiger partial charge in [0.15, 0.2) is 0 Å². The van der Waals surface area contributed by atoms with E-state index in [-0.39, 0.29) is 19.1 Å². The van der Waals surface area contributed by atoms with Crippen LogP contribution >= 0.6 is 0 Å². The molecule has 2 rings (SSSR count). The first-order valence-corrected chi connectivity index (χ1v) is 6.68. The molecular weight excluding hydrogens is 268 g/mol. The Labute approximate surface area is 123 Å². The van der Waals surface area contributed by atoms with Crippen molar-refractivity contribution in [3.63, 3.8) is 0 Å². The van der Waals surface area contributed by atoms with Crippen molar-refractivity contribution in [3.8, 4) is 0 Å². The number of aliphatic hydroxyl groups is 2. The van der Waals surface area contributed by atoms with Crippen LogP contribution in [0.3, 0.4) is 0 Å². The first-order valence-electron chi connectivity index (χ1n) is 6.68. The number of carbonyl (C=O) groups is 1. The largest absolute Gasteiger partial charge is 0.394 e. The molecule has 0 spiro atoms. The molecule has 2 aromatic rings. The second-order valence-corrected chi connectivity index (χ2v) is 4.61. The molecule has 5 nitrogen and oxygen atoms in total. The number of carbonyl (C=O) groups excluding carboxylic acids is 1. The average Bonchev–Trinajstić information content (AvgIpc) is 2.54. The van der Waals surface area contributed by atoms with Gasteiger partial charge in [0, 0.05) is 23.5 Å². The molecule has 0 aromatic heterocycles. The summed E-state index contributed by atoms with van der Waals surface area (Å²) in [5.74, 6) is -0.160. The summed E-state index contributed by atoms with van der Waals surface area (Å²) in [6, 6.07) is 16.1. The minimum absolute atomic E-state index is 0.160. The van der Waals surface area contributed by atoms with E-state index in [2.05, 4.69) is 10.6 Å². The van der Waals surface area contributed by atoms with Crippen molar-refractivity contribution in [2.75, 3.05) is 23.8 Å². The quantitative estimate of drug-likeness (QED) is 0.651. The normalized spacial score (nSPS) is 11.7. The molecule has 0 fully saturated rings. The van der Waals surface area contributed by atoms with Gasteiger partial charge in [0.05, 0.1) is 12.7 Å². The third-order valence-corrected chi connectivity index (χ3v) is 2.93. The lowest BCUT2D eigenvalue weighted by Crippen LogP contribution is -2.22. The van der Waals surface area contributed by atoms with E-state index in [1.807, 2.05) is 18.2 Å². The summed E-state index contributed by atoms with van der Waals surface area (Å²) in [6.07, 6.45) is -0.789. The lowest BCUT2D eigenvalue weighted by molar-refractivity contribution is 0.102. The van der Waals surface area contributed by atoms with Gasteiger partial charge in [-0.1, -0.05) is 18.2 Å². The SMILES string of the molecule is O=C(Nc1ccc(NCC(O)CO)cc1)c1ccccc1. The van der Waals surface area contributed by atoms with E-state index in [1.165, 1.54) is 0 Å². The first kappa shape index (κ1) is 15.0. The predicted octanol–water partition coefficient (Wildman–Crippen LogP) is 1.70. The number of amides is 1. The van der Waals surface area contributed by atoms with Gasteiger partial charge >= 0.3 is 0 Å². The summed E-state index contributed by atoms with van der Waals surface area (Å²) in [5.41, 5.74) is 2.10. The van der Waals surface area contributed by atoms with E-state index < -0.39 is 6.10 Å². The molecule has 4 N–H and O–H groups in total. The third-order valence-electron chi connectivity index (χ3n) is 2.93. The highest BCUT2D eigenvalue weighted by atomic mass is 16.3. The molecule has 0 bridgehead atoms. The second kappa shape index (κ2) is 7.42. The summed E-state index contributed by atoms with van der Waals surface area (Å²) in [7, 11) is 0. The number of anilines is 2. The maximum absolute atomic E-state index is 12.0. The van der Waals surface area contributed by atoms with Crippen LogP contribution in [0.4, 0.5) is 11.4 Å². The molecule has 110 valence electrons. The van der Waals surface area contributed by atoms with Gasteiger partial charge in [-0.25, -0.2) is 0 Å². The first-order chi connectivity index (χ1) is 10.2. The fourth-order valence-corrected chi connectivity index (χ4v) is 1.76.